The summed E-state index contributed by atoms with van der Waals surface area (Å²) in [6, 6.07) is 5.02. The van der Waals surface area contributed by atoms with Crippen molar-refractivity contribution in [2.75, 3.05) is 6.54 Å². The van der Waals surface area contributed by atoms with Crippen LogP contribution >= 0.6 is 0 Å². The van der Waals surface area contributed by atoms with Gasteiger partial charge in [0, 0.05) is 11.6 Å². The van der Waals surface area contributed by atoms with E-state index in [1.807, 2.05) is 6.07 Å². The lowest BCUT2D eigenvalue weighted by Gasteiger charge is -2.18. The molecule has 1 aromatic rings. The number of ether oxygens (including phenoxy) is 1. The predicted molar refractivity (Wildman–Crippen MR) is 62.1 cm³/mol. The second kappa shape index (κ2) is 4.83. The van der Waals surface area contributed by atoms with E-state index in [1.165, 1.54) is 12.1 Å². The number of rotatable bonds is 4. The van der Waals surface area contributed by atoms with E-state index in [4.69, 9.17) is 4.74 Å². The summed E-state index contributed by atoms with van der Waals surface area (Å²) >= 11 is 0. The first-order chi connectivity index (χ1) is 7.76. The number of fused-ring (bicyclic) bond motifs is 1. The zero-order valence-corrected chi connectivity index (χ0v) is 9.79. The average molecular weight is 223 g/mol. The van der Waals surface area contributed by atoms with Crippen LogP contribution in [0, 0.1) is 5.82 Å². The molecule has 1 aliphatic heterocycles. The molecule has 1 aromatic carbocycles. The predicted octanol–water partition coefficient (Wildman–Crippen LogP) is 3.04. The molecule has 0 spiro atoms. The van der Waals surface area contributed by atoms with Crippen LogP contribution < -0.4 is 10.1 Å². The van der Waals surface area contributed by atoms with Gasteiger partial charge in [-0.2, -0.15) is 0 Å². The monoisotopic (exact) mass is 223 g/mol. The third kappa shape index (κ3) is 2.05. The van der Waals surface area contributed by atoms with Gasteiger partial charge >= 0.3 is 0 Å². The van der Waals surface area contributed by atoms with Crippen LogP contribution in [-0.4, -0.2) is 12.6 Å². The number of hydrogen-bond donors (Lipinski definition) is 1. The summed E-state index contributed by atoms with van der Waals surface area (Å²) in [6.45, 7) is 5.10. The molecule has 3 heteroatoms. The van der Waals surface area contributed by atoms with Crippen LogP contribution in [0.15, 0.2) is 18.2 Å². The second-order valence-corrected chi connectivity index (χ2v) is 4.16. The van der Waals surface area contributed by atoms with Gasteiger partial charge in [-0.25, -0.2) is 4.39 Å². The van der Waals surface area contributed by atoms with Crippen molar-refractivity contribution in [3.05, 3.63) is 29.6 Å². The maximum absolute atomic E-state index is 13.1. The van der Waals surface area contributed by atoms with Crippen LogP contribution in [0.5, 0.6) is 5.75 Å². The van der Waals surface area contributed by atoms with Crippen molar-refractivity contribution >= 4 is 0 Å². The first-order valence-corrected chi connectivity index (χ1v) is 5.95. The van der Waals surface area contributed by atoms with Crippen LogP contribution in [0.4, 0.5) is 4.39 Å². The molecular formula is C13H18FNO. The van der Waals surface area contributed by atoms with Gasteiger partial charge in [0.15, 0.2) is 0 Å². The van der Waals surface area contributed by atoms with E-state index < -0.39 is 0 Å². The summed E-state index contributed by atoms with van der Waals surface area (Å²) in [5.41, 5.74) is 1.08. The van der Waals surface area contributed by atoms with Crippen LogP contribution in [0.25, 0.3) is 0 Å². The zero-order valence-electron chi connectivity index (χ0n) is 9.79. The van der Waals surface area contributed by atoms with Gasteiger partial charge in [-0.15, -0.1) is 0 Å². The maximum atomic E-state index is 13.1. The van der Waals surface area contributed by atoms with Gasteiger partial charge in [-0.1, -0.05) is 26.3 Å². The summed E-state index contributed by atoms with van der Waals surface area (Å²) in [5.74, 6) is 0.468. The van der Waals surface area contributed by atoms with Crippen molar-refractivity contribution in [1.82, 2.24) is 5.32 Å². The third-order valence-corrected chi connectivity index (χ3v) is 2.96. The smallest absolute Gasteiger partial charge is 0.127 e. The molecule has 0 aliphatic carbocycles. The molecule has 1 N–H and O–H groups in total. The fourth-order valence-electron chi connectivity index (χ4n) is 2.27. The van der Waals surface area contributed by atoms with Crippen molar-refractivity contribution in [2.24, 2.45) is 0 Å². The highest BCUT2D eigenvalue weighted by atomic mass is 19.1. The number of hydrogen-bond acceptors (Lipinski definition) is 2. The van der Waals surface area contributed by atoms with Crippen LogP contribution in [-0.2, 0) is 0 Å². The number of nitrogens with one attached hydrogen (secondary N) is 1. The van der Waals surface area contributed by atoms with Crippen LogP contribution in [0.3, 0.4) is 0 Å². The van der Waals surface area contributed by atoms with Crippen molar-refractivity contribution in [1.29, 1.82) is 0 Å². The SMILES string of the molecule is CCCC1Oc2cc(F)ccc2C1NCC. The maximum Gasteiger partial charge on any atom is 0.127 e. The summed E-state index contributed by atoms with van der Waals surface area (Å²) < 4.78 is 18.9. The number of likely N-dealkylation sites (N-methyl/N-ethyl adjacent to an activating group) is 1. The van der Waals surface area contributed by atoms with E-state index in [-0.39, 0.29) is 18.0 Å². The van der Waals surface area contributed by atoms with Crippen LogP contribution in [0.1, 0.15) is 38.3 Å². The molecule has 2 unspecified atom stereocenters. The Morgan fingerprint density at radius 1 is 1.38 bits per heavy atom. The second-order valence-electron chi connectivity index (χ2n) is 4.16. The molecular weight excluding hydrogens is 205 g/mol. The largest absolute Gasteiger partial charge is 0.488 e. The normalized spacial score (nSPS) is 22.9. The quantitative estimate of drug-likeness (QED) is 0.847. The molecule has 2 rings (SSSR count). The number of halogens is 1. The highest BCUT2D eigenvalue weighted by Gasteiger charge is 2.33. The molecule has 16 heavy (non-hydrogen) atoms. The molecule has 88 valence electrons. The Hall–Kier alpha value is -1.09. The van der Waals surface area contributed by atoms with Crippen molar-refractivity contribution in [2.45, 2.75) is 38.8 Å². The van der Waals surface area contributed by atoms with Gasteiger partial charge in [0.05, 0.1) is 6.04 Å². The molecule has 0 saturated heterocycles. The van der Waals surface area contributed by atoms with E-state index in [0.717, 1.165) is 24.9 Å². The van der Waals surface area contributed by atoms with Gasteiger partial charge in [0.1, 0.15) is 17.7 Å². The molecule has 0 fully saturated rings. The Morgan fingerprint density at radius 2 is 2.19 bits per heavy atom. The minimum atomic E-state index is -0.230. The Balaban J connectivity index is 2.25. The zero-order chi connectivity index (χ0) is 11.5. The van der Waals surface area contributed by atoms with Gasteiger partial charge in [-0.05, 0) is 19.0 Å². The van der Waals surface area contributed by atoms with E-state index in [0.29, 0.717) is 5.75 Å². The summed E-state index contributed by atoms with van der Waals surface area (Å²) in [7, 11) is 0. The Bertz CT molecular complexity index is 367. The van der Waals surface area contributed by atoms with Crippen molar-refractivity contribution in [3.63, 3.8) is 0 Å². The third-order valence-electron chi connectivity index (χ3n) is 2.96. The molecule has 0 saturated carbocycles. The van der Waals surface area contributed by atoms with Gasteiger partial charge < -0.3 is 10.1 Å². The minimum Gasteiger partial charge on any atom is -0.488 e. The van der Waals surface area contributed by atoms with Crippen molar-refractivity contribution in [3.8, 4) is 5.75 Å². The Morgan fingerprint density at radius 3 is 2.88 bits per heavy atom. The van der Waals surface area contributed by atoms with Crippen LogP contribution in [0.2, 0.25) is 0 Å². The van der Waals surface area contributed by atoms with E-state index in [9.17, 15) is 4.39 Å². The molecule has 0 amide bonds. The standard InChI is InChI=1S/C13H18FNO/c1-3-5-11-13(15-4-2)10-7-6-9(14)8-12(10)16-11/h6-8,11,13,15H,3-5H2,1-2H3. The molecule has 1 heterocycles. The molecule has 0 bridgehead atoms. The lowest BCUT2D eigenvalue weighted by Crippen LogP contribution is -2.30. The van der Waals surface area contributed by atoms with Crippen molar-refractivity contribution < 1.29 is 9.13 Å². The molecule has 1 aliphatic rings. The van der Waals surface area contributed by atoms with Gasteiger partial charge in [0.25, 0.3) is 0 Å². The summed E-state index contributed by atoms with van der Waals surface area (Å²) in [6.07, 6.45) is 2.21. The van der Waals surface area contributed by atoms with Gasteiger partial charge in [0.2, 0.25) is 0 Å². The highest BCUT2D eigenvalue weighted by molar-refractivity contribution is 5.41. The topological polar surface area (TPSA) is 21.3 Å². The van der Waals surface area contributed by atoms with E-state index in [1.54, 1.807) is 0 Å². The van der Waals surface area contributed by atoms with Gasteiger partial charge in [-0.3, -0.25) is 0 Å². The fourth-order valence-corrected chi connectivity index (χ4v) is 2.27. The molecule has 0 aromatic heterocycles. The molecule has 2 atom stereocenters. The fraction of sp³-hybridized carbons (Fsp3) is 0.538. The first-order valence-electron chi connectivity index (χ1n) is 5.95. The van der Waals surface area contributed by atoms with E-state index in [2.05, 4.69) is 19.2 Å². The lowest BCUT2D eigenvalue weighted by molar-refractivity contribution is 0.178. The molecule has 0 radical (unpaired) electrons. The summed E-state index contributed by atoms with van der Waals surface area (Å²) in [4.78, 5) is 0. The minimum absolute atomic E-state index is 0.141. The highest BCUT2D eigenvalue weighted by Crippen LogP contribution is 2.38. The van der Waals surface area contributed by atoms with E-state index >= 15 is 0 Å². The Kier molecular flexibility index (Phi) is 3.44. The number of benzene rings is 1. The Labute approximate surface area is 95.8 Å². The average Bonchev–Trinajstić information content (AvgIpc) is 2.57. The first kappa shape index (κ1) is 11.4. The lowest BCUT2D eigenvalue weighted by atomic mass is 10.0. The summed E-state index contributed by atoms with van der Waals surface area (Å²) in [5, 5.41) is 3.41. The molecule has 2 nitrogen and oxygen atoms in total.